The summed E-state index contributed by atoms with van der Waals surface area (Å²) >= 11 is 5.79. The average Bonchev–Trinajstić information content (AvgIpc) is 2.19. The molecule has 1 N–H and O–H groups in total. The zero-order chi connectivity index (χ0) is 11.1. The highest BCUT2D eigenvalue weighted by molar-refractivity contribution is 8.56. The molecule has 0 amide bonds. The molecule has 6 heteroatoms. The molecule has 1 atom stereocenters. The number of benzene rings is 1. The van der Waals surface area contributed by atoms with Crippen LogP contribution in [0.15, 0.2) is 35.2 Å². The van der Waals surface area contributed by atoms with Crippen molar-refractivity contribution in [1.29, 1.82) is 0 Å². The minimum absolute atomic E-state index is 0.382. The Bertz CT molecular complexity index is 358. The molecule has 15 heavy (non-hydrogen) atoms. The van der Waals surface area contributed by atoms with E-state index < -0.39 is 6.72 Å². The van der Waals surface area contributed by atoms with E-state index in [9.17, 15) is 4.57 Å². The maximum absolute atomic E-state index is 12.1. The molecule has 0 aliphatic carbocycles. The maximum Gasteiger partial charge on any atom is 0.355 e. The standard InChI is InChI=1S/C9H12NO2PS2/c1-2-12-13(11,10-8-14)15-9-6-4-3-5-7-9/h3-8H,2H2,1H3,(H,10,11,14). The van der Waals surface area contributed by atoms with Crippen molar-refractivity contribution in [3.05, 3.63) is 30.3 Å². The third-order valence-corrected chi connectivity index (χ3v) is 5.52. The Morgan fingerprint density at radius 3 is 2.73 bits per heavy atom. The van der Waals surface area contributed by atoms with Crippen molar-refractivity contribution in [3.63, 3.8) is 0 Å². The fraction of sp³-hybridized carbons (Fsp3) is 0.222. The molecule has 1 aromatic rings. The lowest BCUT2D eigenvalue weighted by Crippen LogP contribution is -2.06. The van der Waals surface area contributed by atoms with Crippen LogP contribution in [0, 0.1) is 0 Å². The Morgan fingerprint density at radius 2 is 2.20 bits per heavy atom. The molecule has 0 aliphatic heterocycles. The second-order valence-corrected chi connectivity index (χ2v) is 6.96. The number of hydrogen-bond acceptors (Lipinski definition) is 4. The second-order valence-electron chi connectivity index (χ2n) is 2.57. The quantitative estimate of drug-likeness (QED) is 0.627. The van der Waals surface area contributed by atoms with Crippen LogP contribution in [0.4, 0.5) is 0 Å². The third-order valence-electron chi connectivity index (χ3n) is 1.48. The molecule has 82 valence electrons. The van der Waals surface area contributed by atoms with Crippen molar-refractivity contribution in [2.24, 2.45) is 0 Å². The first-order valence-electron chi connectivity index (χ1n) is 4.41. The van der Waals surface area contributed by atoms with Gasteiger partial charge in [-0.3, -0.25) is 4.57 Å². The van der Waals surface area contributed by atoms with E-state index in [1.807, 2.05) is 30.3 Å². The molecule has 0 radical (unpaired) electrons. The molecule has 0 saturated heterocycles. The molecule has 0 spiro atoms. The van der Waals surface area contributed by atoms with Crippen molar-refractivity contribution in [2.75, 3.05) is 6.61 Å². The summed E-state index contributed by atoms with van der Waals surface area (Å²) in [7, 11) is 0. The number of nitrogens with one attached hydrogen (secondary N) is 1. The molecule has 3 nitrogen and oxygen atoms in total. The molecule has 0 bridgehead atoms. The van der Waals surface area contributed by atoms with Crippen LogP contribution in [0.2, 0.25) is 0 Å². The summed E-state index contributed by atoms with van der Waals surface area (Å²) in [5.74, 6) is 0. The summed E-state index contributed by atoms with van der Waals surface area (Å²) in [6, 6.07) is 9.43. The van der Waals surface area contributed by atoms with Gasteiger partial charge in [0.1, 0.15) is 0 Å². The monoisotopic (exact) mass is 261 g/mol. The van der Waals surface area contributed by atoms with E-state index in [0.717, 1.165) is 16.3 Å². The molecular weight excluding hydrogens is 249 g/mol. The van der Waals surface area contributed by atoms with E-state index in [4.69, 9.17) is 4.52 Å². The van der Waals surface area contributed by atoms with Crippen molar-refractivity contribution in [1.82, 2.24) is 5.09 Å². The van der Waals surface area contributed by atoms with Crippen LogP contribution in [0.5, 0.6) is 0 Å². The van der Waals surface area contributed by atoms with E-state index in [1.54, 1.807) is 6.92 Å². The minimum atomic E-state index is -2.93. The summed E-state index contributed by atoms with van der Waals surface area (Å²) in [6.07, 6.45) is 0. The van der Waals surface area contributed by atoms with Crippen LogP contribution in [0.1, 0.15) is 6.92 Å². The van der Waals surface area contributed by atoms with Gasteiger partial charge >= 0.3 is 6.72 Å². The van der Waals surface area contributed by atoms with Gasteiger partial charge in [0.25, 0.3) is 0 Å². The van der Waals surface area contributed by atoms with Crippen molar-refractivity contribution >= 4 is 35.8 Å². The molecule has 0 aliphatic rings. The third kappa shape index (κ3) is 4.34. The minimum Gasteiger partial charge on any atom is -0.306 e. The predicted octanol–water partition coefficient (Wildman–Crippen LogP) is 3.47. The average molecular weight is 261 g/mol. The van der Waals surface area contributed by atoms with Crippen LogP contribution in [0.3, 0.4) is 0 Å². The lowest BCUT2D eigenvalue weighted by atomic mass is 10.4. The molecule has 1 rings (SSSR count). The van der Waals surface area contributed by atoms with Crippen LogP contribution >= 0.6 is 30.3 Å². The molecular formula is C9H12NO2PS2. The lowest BCUT2D eigenvalue weighted by molar-refractivity contribution is 0.343. The highest BCUT2D eigenvalue weighted by atomic mass is 32.7. The number of hydrogen-bond donors (Lipinski definition) is 1. The largest absolute Gasteiger partial charge is 0.355 e. The van der Waals surface area contributed by atoms with E-state index in [0.29, 0.717) is 6.61 Å². The SMILES string of the molecule is CCOP(=O)(NC=S)Sc1ccccc1. The Morgan fingerprint density at radius 1 is 1.53 bits per heavy atom. The van der Waals surface area contributed by atoms with Gasteiger partial charge in [0, 0.05) is 4.90 Å². The van der Waals surface area contributed by atoms with Gasteiger partial charge in [-0.05, 0) is 30.4 Å². The van der Waals surface area contributed by atoms with E-state index in [2.05, 4.69) is 17.3 Å². The summed E-state index contributed by atoms with van der Waals surface area (Å²) in [5.41, 5.74) is 1.23. The molecule has 0 saturated carbocycles. The molecule has 1 unspecified atom stereocenters. The smallest absolute Gasteiger partial charge is 0.306 e. The Balaban J connectivity index is 2.75. The van der Waals surface area contributed by atoms with Gasteiger partial charge < -0.3 is 9.61 Å². The second kappa shape index (κ2) is 6.28. The van der Waals surface area contributed by atoms with Gasteiger partial charge in [0.15, 0.2) is 0 Å². The molecule has 0 heterocycles. The topological polar surface area (TPSA) is 38.3 Å². The van der Waals surface area contributed by atoms with Crippen molar-refractivity contribution in [3.8, 4) is 0 Å². The normalized spacial score (nSPS) is 14.2. The van der Waals surface area contributed by atoms with Gasteiger partial charge in [-0.1, -0.05) is 30.4 Å². The molecule has 0 fully saturated rings. The van der Waals surface area contributed by atoms with E-state index >= 15 is 0 Å². The van der Waals surface area contributed by atoms with Crippen LogP contribution in [-0.2, 0) is 9.09 Å². The van der Waals surface area contributed by atoms with E-state index in [1.165, 1.54) is 5.49 Å². The maximum atomic E-state index is 12.1. The fourth-order valence-corrected chi connectivity index (χ4v) is 4.75. The predicted molar refractivity (Wildman–Crippen MR) is 68.3 cm³/mol. The fourth-order valence-electron chi connectivity index (χ4n) is 0.945. The Kier molecular flexibility index (Phi) is 5.32. The highest BCUT2D eigenvalue weighted by Gasteiger charge is 2.22. The van der Waals surface area contributed by atoms with E-state index in [-0.39, 0.29) is 0 Å². The molecule has 0 aromatic heterocycles. The Labute approximate surface area is 98.9 Å². The summed E-state index contributed by atoms with van der Waals surface area (Å²) < 4.78 is 17.3. The zero-order valence-corrected chi connectivity index (χ0v) is 10.8. The number of thiocarbonyl (C=S) groups is 1. The zero-order valence-electron chi connectivity index (χ0n) is 8.25. The summed E-state index contributed by atoms with van der Waals surface area (Å²) in [6.45, 7) is -0.757. The summed E-state index contributed by atoms with van der Waals surface area (Å²) in [4.78, 5) is 0.888. The van der Waals surface area contributed by atoms with Crippen molar-refractivity contribution < 1.29 is 9.09 Å². The van der Waals surface area contributed by atoms with Crippen LogP contribution < -0.4 is 5.09 Å². The van der Waals surface area contributed by atoms with Crippen LogP contribution in [-0.4, -0.2) is 12.1 Å². The molecule has 1 aromatic carbocycles. The summed E-state index contributed by atoms with van der Waals surface area (Å²) in [5, 5.41) is 2.59. The first kappa shape index (κ1) is 12.7. The van der Waals surface area contributed by atoms with Gasteiger partial charge in [-0.15, -0.1) is 0 Å². The first-order chi connectivity index (χ1) is 7.20. The van der Waals surface area contributed by atoms with Gasteiger partial charge in [0.05, 0.1) is 12.1 Å². The van der Waals surface area contributed by atoms with Gasteiger partial charge in [-0.25, -0.2) is 0 Å². The van der Waals surface area contributed by atoms with Gasteiger partial charge in [0.2, 0.25) is 0 Å². The Hall–Kier alpha value is -0.350. The first-order valence-corrected chi connectivity index (χ1v) is 7.92. The van der Waals surface area contributed by atoms with Crippen LogP contribution in [0.25, 0.3) is 0 Å². The number of rotatable bonds is 6. The lowest BCUT2D eigenvalue weighted by Gasteiger charge is -2.15. The highest BCUT2D eigenvalue weighted by Crippen LogP contribution is 2.58. The van der Waals surface area contributed by atoms with Gasteiger partial charge in [-0.2, -0.15) is 0 Å². The van der Waals surface area contributed by atoms with Crippen molar-refractivity contribution in [2.45, 2.75) is 11.8 Å².